The van der Waals surface area contributed by atoms with E-state index in [0.717, 1.165) is 48.1 Å². The lowest BCUT2D eigenvalue weighted by Gasteiger charge is -2.34. The van der Waals surface area contributed by atoms with Crippen molar-refractivity contribution in [3.05, 3.63) is 82.3 Å². The van der Waals surface area contributed by atoms with E-state index < -0.39 is 0 Å². The molecule has 2 aromatic carbocycles. The topological polar surface area (TPSA) is 70.6 Å². The highest BCUT2D eigenvalue weighted by Crippen LogP contribution is 2.29. The lowest BCUT2D eigenvalue weighted by Crippen LogP contribution is -2.42. The Kier molecular flexibility index (Phi) is 7.18. The summed E-state index contributed by atoms with van der Waals surface area (Å²) in [4.78, 5) is 27.3. The van der Waals surface area contributed by atoms with Gasteiger partial charge in [0.25, 0.3) is 0 Å². The van der Waals surface area contributed by atoms with E-state index in [9.17, 15) is 4.79 Å². The Hall–Kier alpha value is -3.45. The van der Waals surface area contributed by atoms with E-state index in [4.69, 9.17) is 14.7 Å². The van der Waals surface area contributed by atoms with E-state index in [1.807, 2.05) is 17.0 Å². The lowest BCUT2D eigenvalue weighted by atomic mass is 10.0. The zero-order valence-corrected chi connectivity index (χ0v) is 21.5. The fourth-order valence-corrected chi connectivity index (χ4v) is 4.89. The molecule has 0 saturated carbocycles. The molecule has 0 atom stereocenters. The summed E-state index contributed by atoms with van der Waals surface area (Å²) in [6, 6.07) is 16.5. The van der Waals surface area contributed by atoms with E-state index in [2.05, 4.69) is 67.4 Å². The maximum absolute atomic E-state index is 13.2. The van der Waals surface area contributed by atoms with Crippen LogP contribution in [0.15, 0.2) is 48.5 Å². The quantitative estimate of drug-likeness (QED) is 0.555. The Morgan fingerprint density at radius 3 is 2.56 bits per heavy atom. The number of aromatic nitrogens is 2. The number of nitrogens with zero attached hydrogens (tertiary/aromatic N) is 4. The highest BCUT2D eigenvalue weighted by atomic mass is 16.5. The van der Waals surface area contributed by atoms with Gasteiger partial charge in [0.15, 0.2) is 0 Å². The number of carbonyl (C=O) groups excluding carboxylic acids is 1. The first-order chi connectivity index (χ1) is 17.5. The summed E-state index contributed by atoms with van der Waals surface area (Å²) in [5, 5.41) is 3.07. The minimum absolute atomic E-state index is 0.0882. The SMILES string of the molecule is Cc1cccc(Cc2nc3c(c(N4CCOCC4)n2)CN(C(=O)Nc2ccc(C(C)C)cc2)CC3)c1. The fraction of sp³-hybridized carbons (Fsp3) is 0.414. The Labute approximate surface area is 213 Å². The maximum atomic E-state index is 13.2. The molecule has 3 aromatic rings. The number of urea groups is 1. The van der Waals surface area contributed by atoms with Gasteiger partial charge in [0, 0.05) is 43.7 Å². The van der Waals surface area contributed by atoms with E-state index in [-0.39, 0.29) is 6.03 Å². The summed E-state index contributed by atoms with van der Waals surface area (Å²) in [5.41, 5.74) is 6.63. The van der Waals surface area contributed by atoms with Crippen molar-refractivity contribution in [2.75, 3.05) is 43.1 Å². The number of aryl methyl sites for hydroxylation is 1. The van der Waals surface area contributed by atoms with Crippen molar-refractivity contribution in [2.45, 2.75) is 46.1 Å². The number of hydrogen-bond acceptors (Lipinski definition) is 5. The Balaban J connectivity index is 1.38. The molecule has 36 heavy (non-hydrogen) atoms. The molecule has 2 aliphatic heterocycles. The van der Waals surface area contributed by atoms with Crippen molar-refractivity contribution >= 4 is 17.5 Å². The molecule has 2 aliphatic rings. The van der Waals surface area contributed by atoms with Crippen LogP contribution in [-0.2, 0) is 24.1 Å². The van der Waals surface area contributed by atoms with Crippen LogP contribution in [0, 0.1) is 6.92 Å². The van der Waals surface area contributed by atoms with Crippen LogP contribution in [0.2, 0.25) is 0 Å². The largest absolute Gasteiger partial charge is 0.378 e. The number of carbonyl (C=O) groups is 1. The summed E-state index contributed by atoms with van der Waals surface area (Å²) in [6.45, 7) is 10.5. The van der Waals surface area contributed by atoms with E-state index in [1.54, 1.807) is 0 Å². The molecule has 7 nitrogen and oxygen atoms in total. The van der Waals surface area contributed by atoms with Gasteiger partial charge in [-0.25, -0.2) is 14.8 Å². The summed E-state index contributed by atoms with van der Waals surface area (Å²) in [7, 11) is 0. The minimum atomic E-state index is -0.0882. The van der Waals surface area contributed by atoms with Gasteiger partial charge >= 0.3 is 6.03 Å². The second-order valence-corrected chi connectivity index (χ2v) is 10.0. The molecule has 0 radical (unpaired) electrons. The number of nitrogens with one attached hydrogen (secondary N) is 1. The number of ether oxygens (including phenoxy) is 1. The Bertz CT molecular complexity index is 1220. The highest BCUT2D eigenvalue weighted by molar-refractivity contribution is 5.89. The first kappa shape index (κ1) is 24.3. The molecule has 0 unspecified atom stereocenters. The summed E-state index contributed by atoms with van der Waals surface area (Å²) in [5.74, 6) is 2.25. The number of anilines is 2. The van der Waals surface area contributed by atoms with E-state index >= 15 is 0 Å². The first-order valence-electron chi connectivity index (χ1n) is 12.9. The molecule has 188 valence electrons. The second-order valence-electron chi connectivity index (χ2n) is 10.0. The molecular weight excluding hydrogens is 450 g/mol. The van der Waals surface area contributed by atoms with Gasteiger partial charge in [0.05, 0.1) is 25.5 Å². The lowest BCUT2D eigenvalue weighted by molar-refractivity contribution is 0.122. The number of morpholine rings is 1. The summed E-state index contributed by atoms with van der Waals surface area (Å²) < 4.78 is 5.59. The maximum Gasteiger partial charge on any atom is 0.322 e. The van der Waals surface area contributed by atoms with Gasteiger partial charge in [-0.3, -0.25) is 0 Å². The third-order valence-corrected chi connectivity index (χ3v) is 6.96. The van der Waals surface area contributed by atoms with Crippen molar-refractivity contribution < 1.29 is 9.53 Å². The zero-order chi connectivity index (χ0) is 25.1. The van der Waals surface area contributed by atoms with Gasteiger partial charge < -0.3 is 19.9 Å². The smallest absolute Gasteiger partial charge is 0.322 e. The van der Waals surface area contributed by atoms with Gasteiger partial charge in [-0.05, 0) is 36.1 Å². The average molecular weight is 486 g/mol. The molecule has 2 amide bonds. The van der Waals surface area contributed by atoms with Crippen LogP contribution in [0.4, 0.5) is 16.3 Å². The number of benzene rings is 2. The predicted octanol–water partition coefficient (Wildman–Crippen LogP) is 4.93. The molecule has 1 fully saturated rings. The standard InChI is InChI=1S/C29H35N5O2/c1-20(2)23-7-9-24(10-8-23)30-29(35)34-12-11-26-25(19-34)28(33-13-15-36-16-14-33)32-27(31-26)18-22-6-4-5-21(3)17-22/h4-10,17,20H,11-16,18-19H2,1-3H3,(H,30,35). The third kappa shape index (κ3) is 5.51. The molecule has 5 rings (SSSR count). The number of hydrogen-bond donors (Lipinski definition) is 1. The van der Waals surface area contributed by atoms with Crippen molar-refractivity contribution in [3.63, 3.8) is 0 Å². The first-order valence-corrected chi connectivity index (χ1v) is 12.9. The van der Waals surface area contributed by atoms with E-state index in [0.29, 0.717) is 38.6 Å². The minimum Gasteiger partial charge on any atom is -0.378 e. The van der Waals surface area contributed by atoms with Gasteiger partial charge in [-0.2, -0.15) is 0 Å². The average Bonchev–Trinajstić information content (AvgIpc) is 2.89. The van der Waals surface area contributed by atoms with Gasteiger partial charge in [0.1, 0.15) is 11.6 Å². The second kappa shape index (κ2) is 10.7. The normalized spacial score (nSPS) is 15.7. The molecule has 0 bridgehead atoms. The number of fused-ring (bicyclic) bond motifs is 1. The van der Waals surface area contributed by atoms with Crippen LogP contribution in [0.1, 0.15) is 53.5 Å². The predicted molar refractivity (Wildman–Crippen MR) is 143 cm³/mol. The monoisotopic (exact) mass is 485 g/mol. The van der Waals surface area contributed by atoms with Gasteiger partial charge in [-0.15, -0.1) is 0 Å². The van der Waals surface area contributed by atoms with E-state index in [1.165, 1.54) is 16.7 Å². The zero-order valence-electron chi connectivity index (χ0n) is 21.5. The summed E-state index contributed by atoms with van der Waals surface area (Å²) >= 11 is 0. The molecular formula is C29H35N5O2. The Morgan fingerprint density at radius 1 is 1.06 bits per heavy atom. The number of rotatable bonds is 5. The highest BCUT2D eigenvalue weighted by Gasteiger charge is 2.28. The van der Waals surface area contributed by atoms with Crippen LogP contribution in [0.3, 0.4) is 0 Å². The van der Waals surface area contributed by atoms with Crippen molar-refractivity contribution in [1.29, 1.82) is 0 Å². The molecule has 7 heteroatoms. The van der Waals surface area contributed by atoms with Crippen LogP contribution >= 0.6 is 0 Å². The van der Waals surface area contributed by atoms with Crippen LogP contribution < -0.4 is 10.2 Å². The summed E-state index contributed by atoms with van der Waals surface area (Å²) in [6.07, 6.45) is 1.42. The third-order valence-electron chi connectivity index (χ3n) is 6.96. The molecule has 3 heterocycles. The molecule has 1 N–H and O–H groups in total. The molecule has 1 saturated heterocycles. The van der Waals surface area contributed by atoms with Crippen molar-refractivity contribution in [2.24, 2.45) is 0 Å². The van der Waals surface area contributed by atoms with Crippen LogP contribution in [0.25, 0.3) is 0 Å². The van der Waals surface area contributed by atoms with Crippen molar-refractivity contribution in [1.82, 2.24) is 14.9 Å². The fourth-order valence-electron chi connectivity index (χ4n) is 4.89. The van der Waals surface area contributed by atoms with Gasteiger partial charge in [0.2, 0.25) is 0 Å². The van der Waals surface area contributed by atoms with Gasteiger partial charge in [-0.1, -0.05) is 55.8 Å². The van der Waals surface area contributed by atoms with Crippen molar-refractivity contribution in [3.8, 4) is 0 Å². The molecule has 1 aromatic heterocycles. The molecule has 0 spiro atoms. The Morgan fingerprint density at radius 2 is 1.83 bits per heavy atom. The number of amides is 2. The van der Waals surface area contributed by atoms with Crippen LogP contribution in [0.5, 0.6) is 0 Å². The van der Waals surface area contributed by atoms with Crippen LogP contribution in [-0.4, -0.2) is 53.7 Å². The molecule has 0 aliphatic carbocycles.